The van der Waals surface area contributed by atoms with Gasteiger partial charge in [-0.15, -0.1) is 0 Å². The number of nitrogens with one attached hydrogen (secondary N) is 1. The second-order valence-electron chi connectivity index (χ2n) is 8.31. The van der Waals surface area contributed by atoms with Gasteiger partial charge in [-0.3, -0.25) is 9.69 Å². The van der Waals surface area contributed by atoms with E-state index in [1.807, 2.05) is 13.0 Å². The van der Waals surface area contributed by atoms with Crippen molar-refractivity contribution in [3.05, 3.63) is 30.3 Å². The van der Waals surface area contributed by atoms with E-state index in [-0.39, 0.29) is 18.0 Å². The van der Waals surface area contributed by atoms with Crippen LogP contribution in [0.1, 0.15) is 40.0 Å². The van der Waals surface area contributed by atoms with Gasteiger partial charge in [0, 0.05) is 32.2 Å². The molecule has 156 valence electrons. The van der Waals surface area contributed by atoms with E-state index in [0.717, 1.165) is 6.42 Å². The number of sulfonamides is 1. The third-order valence-corrected chi connectivity index (χ3v) is 8.53. The number of amides is 1. The lowest BCUT2D eigenvalue weighted by atomic mass is 9.78. The molecular formula is C21H33N3O3S. The molecule has 1 heterocycles. The van der Waals surface area contributed by atoms with Crippen LogP contribution >= 0.6 is 0 Å². The Bertz CT molecular complexity index is 760. The summed E-state index contributed by atoms with van der Waals surface area (Å²) >= 11 is 0. The fraction of sp³-hybridized carbons (Fsp3) is 0.667. The van der Waals surface area contributed by atoms with E-state index in [1.165, 1.54) is 17.1 Å². The van der Waals surface area contributed by atoms with Crippen LogP contribution < -0.4 is 5.32 Å². The van der Waals surface area contributed by atoms with Crippen molar-refractivity contribution in [1.29, 1.82) is 0 Å². The van der Waals surface area contributed by atoms with Crippen molar-refractivity contribution in [2.45, 2.75) is 57.0 Å². The maximum atomic E-state index is 12.8. The molecule has 3 rings (SSSR count). The van der Waals surface area contributed by atoms with E-state index in [2.05, 4.69) is 24.1 Å². The van der Waals surface area contributed by atoms with E-state index in [4.69, 9.17) is 0 Å². The van der Waals surface area contributed by atoms with Crippen LogP contribution in [0.2, 0.25) is 0 Å². The highest BCUT2D eigenvalue weighted by molar-refractivity contribution is 7.89. The highest BCUT2D eigenvalue weighted by Gasteiger charge is 2.34. The molecule has 1 aliphatic heterocycles. The molecule has 7 heteroatoms. The molecule has 0 bridgehead atoms. The topological polar surface area (TPSA) is 69.7 Å². The third kappa shape index (κ3) is 4.58. The first kappa shape index (κ1) is 21.3. The Balaban J connectivity index is 1.55. The van der Waals surface area contributed by atoms with Crippen LogP contribution in [0.25, 0.3) is 0 Å². The number of hydrogen-bond acceptors (Lipinski definition) is 4. The summed E-state index contributed by atoms with van der Waals surface area (Å²) in [4.78, 5) is 15.2. The predicted octanol–water partition coefficient (Wildman–Crippen LogP) is 2.32. The van der Waals surface area contributed by atoms with Crippen molar-refractivity contribution >= 4 is 15.9 Å². The first-order valence-corrected chi connectivity index (χ1v) is 11.8. The van der Waals surface area contributed by atoms with Gasteiger partial charge in [0.1, 0.15) is 0 Å². The molecule has 28 heavy (non-hydrogen) atoms. The van der Waals surface area contributed by atoms with Crippen molar-refractivity contribution in [1.82, 2.24) is 14.5 Å². The largest absolute Gasteiger partial charge is 0.352 e. The zero-order valence-corrected chi connectivity index (χ0v) is 18.0. The van der Waals surface area contributed by atoms with Crippen LogP contribution in [0.5, 0.6) is 0 Å². The summed E-state index contributed by atoms with van der Waals surface area (Å²) in [6.45, 7) is 8.37. The van der Waals surface area contributed by atoms with Crippen molar-refractivity contribution in [2.24, 2.45) is 11.8 Å². The van der Waals surface area contributed by atoms with Gasteiger partial charge in [0.15, 0.2) is 0 Å². The molecule has 6 nitrogen and oxygen atoms in total. The lowest BCUT2D eigenvalue weighted by molar-refractivity contribution is -0.127. The summed E-state index contributed by atoms with van der Waals surface area (Å²) in [7, 11) is -3.46. The maximum Gasteiger partial charge on any atom is 0.243 e. The van der Waals surface area contributed by atoms with Gasteiger partial charge in [0.05, 0.1) is 10.9 Å². The van der Waals surface area contributed by atoms with E-state index >= 15 is 0 Å². The van der Waals surface area contributed by atoms with Crippen molar-refractivity contribution < 1.29 is 13.2 Å². The lowest BCUT2D eigenvalue weighted by Crippen LogP contribution is -2.56. The van der Waals surface area contributed by atoms with E-state index in [1.54, 1.807) is 24.3 Å². The Morgan fingerprint density at radius 2 is 1.71 bits per heavy atom. The second kappa shape index (κ2) is 8.93. The third-order valence-electron chi connectivity index (χ3n) is 6.62. The van der Waals surface area contributed by atoms with Crippen LogP contribution in [-0.2, 0) is 14.8 Å². The summed E-state index contributed by atoms with van der Waals surface area (Å²) in [5, 5.41) is 3.25. The zero-order valence-electron chi connectivity index (χ0n) is 17.2. The minimum Gasteiger partial charge on any atom is -0.352 e. The molecule has 2 fully saturated rings. The number of piperazine rings is 1. The highest BCUT2D eigenvalue weighted by atomic mass is 32.2. The molecule has 1 N–H and O–H groups in total. The van der Waals surface area contributed by atoms with Crippen LogP contribution in [-0.4, -0.2) is 61.8 Å². The number of rotatable bonds is 5. The Kier molecular flexibility index (Phi) is 6.78. The molecular weight excluding hydrogens is 374 g/mol. The smallest absolute Gasteiger partial charge is 0.243 e. The van der Waals surface area contributed by atoms with Gasteiger partial charge in [-0.25, -0.2) is 8.42 Å². The molecule has 2 aliphatic rings. The summed E-state index contributed by atoms with van der Waals surface area (Å²) in [5.41, 5.74) is 0. The number of carbonyl (C=O) groups is 1. The second-order valence-corrected chi connectivity index (χ2v) is 10.2. The van der Waals surface area contributed by atoms with Gasteiger partial charge >= 0.3 is 0 Å². The molecule has 0 unspecified atom stereocenters. The number of carbonyl (C=O) groups excluding carboxylic acids is 1. The molecule has 1 aromatic rings. The van der Waals surface area contributed by atoms with Crippen LogP contribution in [0, 0.1) is 11.8 Å². The zero-order chi connectivity index (χ0) is 20.3. The quantitative estimate of drug-likeness (QED) is 0.813. The van der Waals surface area contributed by atoms with Gasteiger partial charge in [-0.05, 0) is 37.3 Å². The highest BCUT2D eigenvalue weighted by Crippen LogP contribution is 2.29. The summed E-state index contributed by atoms with van der Waals surface area (Å²) in [6, 6.07) is 8.55. The number of nitrogens with zero attached hydrogens (tertiary/aromatic N) is 2. The Morgan fingerprint density at radius 3 is 2.36 bits per heavy atom. The van der Waals surface area contributed by atoms with Crippen LogP contribution in [0.4, 0.5) is 0 Å². The predicted molar refractivity (Wildman–Crippen MR) is 110 cm³/mol. The van der Waals surface area contributed by atoms with Crippen molar-refractivity contribution in [3.8, 4) is 0 Å². The van der Waals surface area contributed by atoms with Crippen molar-refractivity contribution in [3.63, 3.8) is 0 Å². The Hall–Kier alpha value is -1.44. The minimum absolute atomic E-state index is 0.0605. The molecule has 0 aromatic heterocycles. The van der Waals surface area contributed by atoms with Crippen LogP contribution in [0.15, 0.2) is 35.2 Å². The van der Waals surface area contributed by atoms with Gasteiger partial charge in [0.25, 0.3) is 0 Å². The minimum atomic E-state index is -3.46. The molecule has 4 atom stereocenters. The average Bonchev–Trinajstić information content (AvgIpc) is 2.71. The summed E-state index contributed by atoms with van der Waals surface area (Å²) < 4.78 is 27.0. The molecule has 1 saturated heterocycles. The Labute approximate surface area is 169 Å². The maximum absolute atomic E-state index is 12.8. The molecule has 1 saturated carbocycles. The number of hydrogen-bond donors (Lipinski definition) is 1. The fourth-order valence-corrected chi connectivity index (χ4v) is 5.77. The SMILES string of the molecule is C[C@@H]1[C@@H](C)CCC[C@H]1NC(=O)[C@@H](C)N1CCN(S(=O)(=O)c2ccccc2)CC1. The standard InChI is InChI=1S/C21H33N3O3S/c1-16-8-7-11-20(17(16)2)22-21(25)18(3)23-12-14-24(15-13-23)28(26,27)19-9-5-4-6-10-19/h4-6,9-10,16-18,20H,7-8,11-15H2,1-3H3,(H,22,25)/t16-,17+,18+,20+/m0/s1. The average molecular weight is 408 g/mol. The molecule has 0 radical (unpaired) electrons. The normalized spacial score (nSPS) is 28.6. The lowest BCUT2D eigenvalue weighted by Gasteiger charge is -2.39. The molecule has 1 aromatic carbocycles. The van der Waals surface area contributed by atoms with Gasteiger partial charge in [0.2, 0.25) is 15.9 Å². The molecule has 0 spiro atoms. The Morgan fingerprint density at radius 1 is 1.07 bits per heavy atom. The van der Waals surface area contributed by atoms with E-state index in [0.29, 0.717) is 42.9 Å². The fourth-order valence-electron chi connectivity index (χ4n) is 4.33. The van der Waals surface area contributed by atoms with Crippen LogP contribution in [0.3, 0.4) is 0 Å². The number of benzene rings is 1. The van der Waals surface area contributed by atoms with Crippen molar-refractivity contribution in [2.75, 3.05) is 26.2 Å². The van der Waals surface area contributed by atoms with Gasteiger partial charge in [-0.2, -0.15) is 4.31 Å². The molecule has 1 amide bonds. The van der Waals surface area contributed by atoms with Gasteiger partial charge < -0.3 is 5.32 Å². The van der Waals surface area contributed by atoms with E-state index < -0.39 is 10.0 Å². The first-order valence-electron chi connectivity index (χ1n) is 10.4. The first-order chi connectivity index (χ1) is 13.3. The monoisotopic (exact) mass is 407 g/mol. The molecule has 1 aliphatic carbocycles. The van der Waals surface area contributed by atoms with E-state index in [9.17, 15) is 13.2 Å². The summed E-state index contributed by atoms with van der Waals surface area (Å²) in [6.07, 6.45) is 3.45. The summed E-state index contributed by atoms with van der Waals surface area (Å²) in [5.74, 6) is 1.20. The van der Waals surface area contributed by atoms with Gasteiger partial charge in [-0.1, -0.05) is 44.9 Å².